The fourth-order valence-corrected chi connectivity index (χ4v) is 3.65. The van der Waals surface area contributed by atoms with Crippen LogP contribution in [0.2, 0.25) is 5.02 Å². The smallest absolute Gasteiger partial charge is 0.130 e. The van der Waals surface area contributed by atoms with Crippen molar-refractivity contribution >= 4 is 45.7 Å². The van der Waals surface area contributed by atoms with Crippen molar-refractivity contribution in [3.05, 3.63) is 77.5 Å². The number of aliphatic imine (C=N–C) groups is 1. The first kappa shape index (κ1) is 20.6. The number of benzene rings is 2. The molecule has 31 heavy (non-hydrogen) atoms. The topological polar surface area (TPSA) is 81.1 Å². The van der Waals surface area contributed by atoms with E-state index in [-0.39, 0.29) is 0 Å². The number of anilines is 2. The maximum Gasteiger partial charge on any atom is 0.130 e. The van der Waals surface area contributed by atoms with Crippen molar-refractivity contribution in [2.75, 3.05) is 12.4 Å². The quantitative estimate of drug-likeness (QED) is 0.418. The molecule has 0 radical (unpaired) electrons. The Kier molecular flexibility index (Phi) is 5.73. The van der Waals surface area contributed by atoms with Crippen LogP contribution in [0.25, 0.3) is 27.6 Å². The number of nitrogens with zero attached hydrogens (tertiary/aromatic N) is 4. The zero-order chi connectivity index (χ0) is 22.0. The van der Waals surface area contributed by atoms with Crippen LogP contribution in [-0.2, 0) is 7.05 Å². The molecule has 3 N–H and O–H groups in total. The molecule has 2 aromatic carbocycles. The SMILES string of the molecule is CN=CC(=CN)c1ccc2cnc(Nc3ccc(-c4cnc(C)n4C)cc3Cl)cc2c1. The molecule has 0 saturated carbocycles. The van der Waals surface area contributed by atoms with Gasteiger partial charge in [-0.05, 0) is 42.1 Å². The molecule has 0 saturated heterocycles. The third-order valence-electron chi connectivity index (χ3n) is 5.25. The lowest BCUT2D eigenvalue weighted by Gasteiger charge is -2.11. The van der Waals surface area contributed by atoms with Crippen LogP contribution >= 0.6 is 11.6 Å². The van der Waals surface area contributed by atoms with Crippen LogP contribution in [0.3, 0.4) is 0 Å². The largest absolute Gasteiger partial charge is 0.404 e. The number of aromatic nitrogens is 3. The molecule has 6 nitrogen and oxygen atoms in total. The number of halogens is 1. The van der Waals surface area contributed by atoms with E-state index in [4.69, 9.17) is 17.3 Å². The number of allylic oxidation sites excluding steroid dienone is 1. The van der Waals surface area contributed by atoms with Crippen LogP contribution in [0.15, 0.2) is 66.1 Å². The van der Waals surface area contributed by atoms with Crippen LogP contribution < -0.4 is 11.1 Å². The van der Waals surface area contributed by atoms with Gasteiger partial charge in [0.15, 0.2) is 0 Å². The Morgan fingerprint density at radius 3 is 2.61 bits per heavy atom. The molecule has 0 aliphatic heterocycles. The molecular formula is C24H23ClN6. The normalized spacial score (nSPS) is 12.1. The highest BCUT2D eigenvalue weighted by molar-refractivity contribution is 6.33. The maximum absolute atomic E-state index is 6.57. The summed E-state index contributed by atoms with van der Waals surface area (Å²) in [6, 6.07) is 14.0. The maximum atomic E-state index is 6.57. The van der Waals surface area contributed by atoms with Crippen LogP contribution in [0.1, 0.15) is 11.4 Å². The van der Waals surface area contributed by atoms with Gasteiger partial charge in [-0.1, -0.05) is 29.8 Å². The second-order valence-corrected chi connectivity index (χ2v) is 7.62. The van der Waals surface area contributed by atoms with Gasteiger partial charge >= 0.3 is 0 Å². The van der Waals surface area contributed by atoms with Crippen LogP contribution in [0, 0.1) is 6.92 Å². The summed E-state index contributed by atoms with van der Waals surface area (Å²) < 4.78 is 2.04. The highest BCUT2D eigenvalue weighted by atomic mass is 35.5. The summed E-state index contributed by atoms with van der Waals surface area (Å²) in [6.45, 7) is 1.97. The van der Waals surface area contributed by atoms with E-state index in [0.29, 0.717) is 10.8 Å². The number of fused-ring (bicyclic) bond motifs is 1. The predicted octanol–water partition coefficient (Wildman–Crippen LogP) is 5.34. The molecule has 4 aromatic rings. The third-order valence-corrected chi connectivity index (χ3v) is 5.56. The van der Waals surface area contributed by atoms with Gasteiger partial charge in [0.1, 0.15) is 11.6 Å². The lowest BCUT2D eigenvalue weighted by atomic mass is 10.0. The lowest BCUT2D eigenvalue weighted by Crippen LogP contribution is -1.97. The molecule has 2 aromatic heterocycles. The first-order valence-corrected chi connectivity index (χ1v) is 10.2. The number of imidazole rings is 1. The van der Waals surface area contributed by atoms with Gasteiger partial charge in [-0.2, -0.15) is 0 Å². The molecular weight excluding hydrogens is 408 g/mol. The number of nitrogens with two attached hydrogens (primary N) is 1. The minimum Gasteiger partial charge on any atom is -0.404 e. The van der Waals surface area contributed by atoms with E-state index in [1.807, 2.05) is 67.3 Å². The number of hydrogen-bond donors (Lipinski definition) is 2. The van der Waals surface area contributed by atoms with Crippen molar-refractivity contribution < 1.29 is 0 Å². The van der Waals surface area contributed by atoms with E-state index in [2.05, 4.69) is 26.3 Å². The molecule has 0 amide bonds. The van der Waals surface area contributed by atoms with E-state index >= 15 is 0 Å². The molecule has 0 fully saturated rings. The molecule has 156 valence electrons. The Morgan fingerprint density at radius 2 is 1.94 bits per heavy atom. The number of nitrogens with one attached hydrogen (secondary N) is 1. The third kappa shape index (κ3) is 4.15. The van der Waals surface area contributed by atoms with Gasteiger partial charge in [-0.15, -0.1) is 0 Å². The molecule has 0 spiro atoms. The molecule has 0 aliphatic rings. The van der Waals surface area contributed by atoms with Crippen LogP contribution in [-0.4, -0.2) is 27.8 Å². The number of rotatable bonds is 5. The lowest BCUT2D eigenvalue weighted by molar-refractivity contribution is 0.865. The average Bonchev–Trinajstić information content (AvgIpc) is 3.11. The number of hydrogen-bond acceptors (Lipinski definition) is 5. The zero-order valence-corrected chi connectivity index (χ0v) is 18.4. The summed E-state index contributed by atoms with van der Waals surface area (Å²) in [7, 11) is 3.71. The molecule has 0 atom stereocenters. The fourth-order valence-electron chi connectivity index (χ4n) is 3.43. The Labute approximate surface area is 186 Å². The molecule has 7 heteroatoms. The van der Waals surface area contributed by atoms with Crippen molar-refractivity contribution in [3.63, 3.8) is 0 Å². The molecule has 0 bridgehead atoms. The van der Waals surface area contributed by atoms with Crippen molar-refractivity contribution in [1.29, 1.82) is 0 Å². The monoisotopic (exact) mass is 430 g/mol. The summed E-state index contributed by atoms with van der Waals surface area (Å²) in [5, 5.41) is 6.00. The van der Waals surface area contributed by atoms with Crippen molar-refractivity contribution in [3.8, 4) is 11.3 Å². The van der Waals surface area contributed by atoms with Crippen LogP contribution in [0.5, 0.6) is 0 Å². The Balaban J connectivity index is 1.64. The second-order valence-electron chi connectivity index (χ2n) is 7.21. The first-order valence-electron chi connectivity index (χ1n) is 9.79. The van der Waals surface area contributed by atoms with E-state index < -0.39 is 0 Å². The van der Waals surface area contributed by atoms with Gasteiger partial charge in [0, 0.05) is 49.2 Å². The van der Waals surface area contributed by atoms with E-state index in [9.17, 15) is 0 Å². The average molecular weight is 431 g/mol. The summed E-state index contributed by atoms with van der Waals surface area (Å²) in [5.74, 6) is 1.66. The second kappa shape index (κ2) is 8.62. The van der Waals surface area contributed by atoms with Gasteiger partial charge in [0.25, 0.3) is 0 Å². The van der Waals surface area contributed by atoms with Gasteiger partial charge < -0.3 is 15.6 Å². The van der Waals surface area contributed by atoms with Gasteiger partial charge in [0.2, 0.25) is 0 Å². The van der Waals surface area contributed by atoms with Gasteiger partial charge in [-0.3, -0.25) is 4.99 Å². The van der Waals surface area contributed by atoms with Gasteiger partial charge in [-0.25, -0.2) is 9.97 Å². The summed E-state index contributed by atoms with van der Waals surface area (Å²) in [4.78, 5) is 12.9. The number of pyridine rings is 1. The highest BCUT2D eigenvalue weighted by Crippen LogP contribution is 2.31. The standard InChI is InChI=1S/C24H23ClN6/c1-15-28-14-23(31(15)3)17-6-7-22(21(25)9-17)30-24-10-19-8-16(20(11-26)12-27-2)4-5-18(19)13-29-24/h4-14H,26H2,1-3H3,(H,29,30). The van der Waals surface area contributed by atoms with Crippen molar-refractivity contribution in [2.45, 2.75) is 6.92 Å². The minimum atomic E-state index is 0.611. The molecule has 0 unspecified atom stereocenters. The van der Waals surface area contributed by atoms with E-state index in [0.717, 1.165) is 44.7 Å². The highest BCUT2D eigenvalue weighted by Gasteiger charge is 2.10. The zero-order valence-electron chi connectivity index (χ0n) is 17.6. The first-order chi connectivity index (χ1) is 15.0. The van der Waals surface area contributed by atoms with E-state index in [1.165, 1.54) is 0 Å². The minimum absolute atomic E-state index is 0.611. The summed E-state index contributed by atoms with van der Waals surface area (Å²) in [6.07, 6.45) is 6.98. The summed E-state index contributed by atoms with van der Waals surface area (Å²) in [5.41, 5.74) is 10.4. The van der Waals surface area contributed by atoms with E-state index in [1.54, 1.807) is 19.5 Å². The molecule has 2 heterocycles. The van der Waals surface area contributed by atoms with Crippen molar-refractivity contribution in [1.82, 2.24) is 14.5 Å². The fraction of sp³-hybridized carbons (Fsp3) is 0.125. The van der Waals surface area contributed by atoms with Crippen molar-refractivity contribution in [2.24, 2.45) is 17.8 Å². The Bertz CT molecular complexity index is 1320. The summed E-state index contributed by atoms with van der Waals surface area (Å²) >= 11 is 6.57. The van der Waals surface area contributed by atoms with Gasteiger partial charge in [0.05, 0.1) is 22.6 Å². The molecule has 4 rings (SSSR count). The predicted molar refractivity (Wildman–Crippen MR) is 130 cm³/mol. The molecule has 0 aliphatic carbocycles. The van der Waals surface area contributed by atoms with Crippen LogP contribution in [0.4, 0.5) is 11.5 Å². The Hall–Kier alpha value is -3.64. The Morgan fingerprint density at radius 1 is 1.10 bits per heavy atom. The number of aryl methyl sites for hydroxylation is 1.